The Morgan fingerprint density at radius 2 is 1.90 bits per heavy atom. The maximum Gasteiger partial charge on any atom is 0.240 e. The molecule has 0 spiro atoms. The van der Waals surface area contributed by atoms with Crippen molar-refractivity contribution in [2.75, 3.05) is 39.5 Å². The number of rotatable bonds is 17. The highest BCUT2D eigenvalue weighted by Crippen LogP contribution is 2.57. The number of pyridine rings is 1. The number of piperidine rings is 1. The zero-order valence-corrected chi connectivity index (χ0v) is 37.3. The van der Waals surface area contributed by atoms with Crippen LogP contribution in [0, 0.1) is 23.2 Å². The molecule has 1 N–H and O–H groups in total. The van der Waals surface area contributed by atoms with E-state index in [0.717, 1.165) is 31.7 Å². The number of carbonyl (C=O) groups excluding carboxylic acids is 3. The van der Waals surface area contributed by atoms with Gasteiger partial charge in [-0.3, -0.25) is 24.0 Å². The van der Waals surface area contributed by atoms with E-state index < -0.39 is 44.8 Å². The van der Waals surface area contributed by atoms with Gasteiger partial charge in [-0.1, -0.05) is 51.8 Å². The van der Waals surface area contributed by atoms with E-state index in [-0.39, 0.29) is 48.2 Å². The minimum atomic E-state index is -3.83. The van der Waals surface area contributed by atoms with Crippen molar-refractivity contribution in [3.05, 3.63) is 47.0 Å². The second kappa shape index (κ2) is 17.3. The predicted octanol–water partition coefficient (Wildman–Crippen LogP) is 6.78. The number of halogens is 1. The first-order valence-electron chi connectivity index (χ1n) is 21.5. The topological polar surface area (TPSA) is 157 Å². The second-order valence-corrected chi connectivity index (χ2v) is 20.8. The van der Waals surface area contributed by atoms with Crippen molar-refractivity contribution in [3.63, 3.8) is 0 Å². The number of hydrogen-bond donors (Lipinski definition) is 1. The number of allylic oxidation sites excluding steroid dienone is 1. The molecular weight excluding hydrogens is 826 g/mol. The Labute approximate surface area is 361 Å². The molecule has 16 heteroatoms. The molecular formula is C44H56ClN5O8S2. The first kappa shape index (κ1) is 43.0. The van der Waals surface area contributed by atoms with E-state index in [1.807, 2.05) is 23.6 Å². The summed E-state index contributed by atoms with van der Waals surface area (Å²) < 4.78 is 46.7. The van der Waals surface area contributed by atoms with Crippen molar-refractivity contribution >= 4 is 61.5 Å². The number of carbonyl (C=O) groups is 3. The fraction of sp³-hybridized carbons (Fsp3) is 0.614. The minimum absolute atomic E-state index is 0.0814. The SMILES string of the molecule is C=C[C@@H]1C[C@]1(CC(=O)[C@@H]1C[C@@H](Oc2cc(-c3nc(C(C)C)cs3)nc3c(Cl)c(OCCN4CCOCC4)ccc23)[C@H]2CC[C@H]([C@@H](C)CC)C(=O)N21)C(=O)NS(=O)(=O)C1CC1. The van der Waals surface area contributed by atoms with Crippen LogP contribution in [0.5, 0.6) is 11.5 Å². The number of ketones is 1. The summed E-state index contributed by atoms with van der Waals surface area (Å²) in [7, 11) is -3.83. The van der Waals surface area contributed by atoms with Gasteiger partial charge in [0.05, 0.1) is 47.2 Å². The average molecular weight is 883 g/mol. The highest BCUT2D eigenvalue weighted by atomic mass is 35.5. The first-order chi connectivity index (χ1) is 28.7. The molecule has 5 aliphatic rings. The van der Waals surface area contributed by atoms with Crippen LogP contribution in [0.2, 0.25) is 5.02 Å². The number of amides is 2. The van der Waals surface area contributed by atoms with Gasteiger partial charge in [0.1, 0.15) is 39.9 Å². The molecule has 2 aliphatic carbocycles. The molecule has 5 heterocycles. The molecule has 60 heavy (non-hydrogen) atoms. The van der Waals surface area contributed by atoms with Crippen LogP contribution in [0.3, 0.4) is 0 Å². The van der Waals surface area contributed by atoms with Gasteiger partial charge in [-0.15, -0.1) is 17.9 Å². The molecule has 2 aromatic heterocycles. The van der Waals surface area contributed by atoms with E-state index in [0.29, 0.717) is 90.1 Å². The third-order valence-corrected chi connectivity index (χ3v) is 16.5. The molecule has 0 unspecified atom stereocenters. The van der Waals surface area contributed by atoms with Gasteiger partial charge in [0.15, 0.2) is 5.78 Å². The van der Waals surface area contributed by atoms with Crippen LogP contribution in [0.15, 0.2) is 36.2 Å². The van der Waals surface area contributed by atoms with Crippen molar-refractivity contribution in [1.82, 2.24) is 24.5 Å². The quantitative estimate of drug-likeness (QED) is 0.143. The number of nitrogens with zero attached hydrogens (tertiary/aromatic N) is 4. The van der Waals surface area contributed by atoms with Crippen LogP contribution >= 0.6 is 22.9 Å². The lowest BCUT2D eigenvalue weighted by atomic mass is 9.81. The smallest absolute Gasteiger partial charge is 0.240 e. The van der Waals surface area contributed by atoms with Gasteiger partial charge in [-0.05, 0) is 62.0 Å². The van der Waals surface area contributed by atoms with Gasteiger partial charge in [0.25, 0.3) is 0 Å². The third kappa shape index (κ3) is 8.45. The Bertz CT molecular complexity index is 2260. The second-order valence-electron chi connectivity index (χ2n) is 17.6. The lowest BCUT2D eigenvalue weighted by molar-refractivity contribution is -0.149. The van der Waals surface area contributed by atoms with Crippen molar-refractivity contribution in [1.29, 1.82) is 0 Å². The maximum absolute atomic E-state index is 14.6. The van der Waals surface area contributed by atoms with Gasteiger partial charge >= 0.3 is 0 Å². The number of sulfonamides is 1. The lowest BCUT2D eigenvalue weighted by Gasteiger charge is -2.40. The van der Waals surface area contributed by atoms with Crippen LogP contribution in [-0.4, -0.2) is 109 Å². The molecule has 3 aromatic rings. The summed E-state index contributed by atoms with van der Waals surface area (Å²) >= 11 is 8.62. The molecule has 0 bridgehead atoms. The monoisotopic (exact) mass is 881 g/mol. The summed E-state index contributed by atoms with van der Waals surface area (Å²) in [4.78, 5) is 56.8. The normalized spacial score (nSPS) is 27.5. The summed E-state index contributed by atoms with van der Waals surface area (Å²) in [5, 5.41) is 3.15. The zero-order valence-electron chi connectivity index (χ0n) is 34.9. The summed E-state index contributed by atoms with van der Waals surface area (Å²) in [6.07, 6.45) is 4.50. The number of Topliss-reactive ketones (excluding diaryl/α,β-unsaturated/α-hetero) is 1. The standard InChI is InChI=1S/C44H56ClN5O8S2/c1-6-26(5)29-10-12-33-38(21-34(50(33)42(29)52)35(51)23-44(22-27(44)7-2)43(53)48-60(54,55)28-8-9-28)58-37-20-31(41-47-32(24-59-41)25(3)4)46-40-30(37)11-13-36(39(40)45)57-19-16-49-14-17-56-18-15-49/h7,11,13,20,24-29,33-34,38H,2,6,8-10,12,14-19,21-23H2,1,3-5H3,(H,48,53)/t26-,27+,29+,33+,34-,38+,44+/m0/s1. The molecule has 0 radical (unpaired) electrons. The predicted molar refractivity (Wildman–Crippen MR) is 231 cm³/mol. The Morgan fingerprint density at radius 1 is 1.13 bits per heavy atom. The van der Waals surface area contributed by atoms with Crippen molar-refractivity contribution in [2.45, 2.75) is 108 Å². The number of nitrogens with one attached hydrogen (secondary N) is 1. The minimum Gasteiger partial charge on any atom is -0.491 e. The third-order valence-electron chi connectivity index (χ3n) is 13.4. The van der Waals surface area contributed by atoms with Crippen molar-refractivity contribution in [3.8, 4) is 22.2 Å². The van der Waals surface area contributed by atoms with E-state index in [4.69, 9.17) is 35.8 Å². The van der Waals surface area contributed by atoms with Crippen LogP contribution in [0.25, 0.3) is 21.6 Å². The van der Waals surface area contributed by atoms with Crippen LogP contribution < -0.4 is 14.2 Å². The zero-order chi connectivity index (χ0) is 42.5. The molecule has 324 valence electrons. The summed E-state index contributed by atoms with van der Waals surface area (Å²) in [6, 6.07) is 4.32. The molecule has 2 amide bonds. The van der Waals surface area contributed by atoms with Gasteiger partial charge in [0.2, 0.25) is 21.8 Å². The number of morpholine rings is 1. The van der Waals surface area contributed by atoms with E-state index in [1.54, 1.807) is 11.0 Å². The van der Waals surface area contributed by atoms with Crippen LogP contribution in [-0.2, 0) is 29.1 Å². The van der Waals surface area contributed by atoms with Gasteiger partial charge in [-0.2, -0.15) is 0 Å². The summed E-state index contributed by atoms with van der Waals surface area (Å²) in [5.74, 6) is -0.304. The molecule has 1 aromatic carbocycles. The average Bonchev–Trinajstić information content (AvgIpc) is 4.13. The molecule has 3 aliphatic heterocycles. The Kier molecular flexibility index (Phi) is 12.4. The summed E-state index contributed by atoms with van der Waals surface area (Å²) in [6.45, 7) is 16.4. The van der Waals surface area contributed by atoms with Crippen LogP contribution in [0.4, 0.5) is 0 Å². The maximum atomic E-state index is 14.6. The molecule has 2 saturated carbocycles. The number of hydrogen-bond acceptors (Lipinski definition) is 12. The lowest BCUT2D eigenvalue weighted by Crippen LogP contribution is -2.54. The summed E-state index contributed by atoms with van der Waals surface area (Å²) in [5.41, 5.74) is 0.786. The van der Waals surface area contributed by atoms with Crippen molar-refractivity contribution in [2.24, 2.45) is 23.2 Å². The van der Waals surface area contributed by atoms with Gasteiger partial charge < -0.3 is 19.1 Å². The number of thiazole rings is 1. The largest absolute Gasteiger partial charge is 0.491 e. The highest BCUT2D eigenvalue weighted by molar-refractivity contribution is 7.90. The fourth-order valence-electron chi connectivity index (χ4n) is 9.21. The van der Waals surface area contributed by atoms with E-state index in [2.05, 4.69) is 43.9 Å². The van der Waals surface area contributed by atoms with E-state index >= 15 is 0 Å². The Balaban J connectivity index is 1.11. The molecule has 8 rings (SSSR count). The van der Waals surface area contributed by atoms with Gasteiger partial charge in [-0.25, -0.2) is 18.4 Å². The number of fused-ring (bicyclic) bond motifs is 2. The number of ether oxygens (including phenoxy) is 3. The highest BCUT2D eigenvalue weighted by Gasteiger charge is 2.62. The Morgan fingerprint density at radius 3 is 2.57 bits per heavy atom. The molecule has 3 saturated heterocycles. The van der Waals surface area contributed by atoms with E-state index in [1.165, 1.54) is 11.3 Å². The fourth-order valence-corrected chi connectivity index (χ4v) is 11.8. The molecule has 7 atom stereocenters. The van der Waals surface area contributed by atoms with E-state index in [9.17, 15) is 22.8 Å². The first-order valence-corrected chi connectivity index (χ1v) is 24.3. The van der Waals surface area contributed by atoms with Crippen molar-refractivity contribution < 1.29 is 37.0 Å². The molecule has 5 fully saturated rings. The number of aromatic nitrogens is 2. The molecule has 13 nitrogen and oxygen atoms in total. The van der Waals surface area contributed by atoms with Gasteiger partial charge in [0, 0.05) is 55.2 Å². The van der Waals surface area contributed by atoms with Crippen LogP contribution in [0.1, 0.15) is 90.7 Å². The number of benzene rings is 1. The Hall–Kier alpha value is -3.63.